The van der Waals surface area contributed by atoms with Crippen LogP contribution in [0.3, 0.4) is 0 Å². The maximum absolute atomic E-state index is 13.4. The largest absolute Gasteiger partial charge is 0.324 e. The van der Waals surface area contributed by atoms with Gasteiger partial charge in [-0.3, -0.25) is 4.79 Å². The SMILES string of the molecule is O=C(CCS(=O)(=O)c1ccc(Br)s1)Nc1ccccc1F. The van der Waals surface area contributed by atoms with E-state index in [0.717, 1.165) is 11.3 Å². The molecule has 0 spiro atoms. The number of para-hydroxylation sites is 1. The minimum Gasteiger partial charge on any atom is -0.324 e. The van der Waals surface area contributed by atoms with Gasteiger partial charge in [-0.25, -0.2) is 12.8 Å². The molecule has 112 valence electrons. The van der Waals surface area contributed by atoms with Crippen LogP contribution < -0.4 is 5.32 Å². The Morgan fingerprint density at radius 1 is 1.24 bits per heavy atom. The van der Waals surface area contributed by atoms with E-state index in [4.69, 9.17) is 0 Å². The highest BCUT2D eigenvalue weighted by molar-refractivity contribution is 9.11. The molecule has 1 heterocycles. The van der Waals surface area contributed by atoms with Gasteiger partial charge in [0, 0.05) is 6.42 Å². The van der Waals surface area contributed by atoms with Gasteiger partial charge in [0.05, 0.1) is 15.2 Å². The van der Waals surface area contributed by atoms with Gasteiger partial charge < -0.3 is 5.32 Å². The molecule has 0 fully saturated rings. The molecule has 2 rings (SSSR count). The first-order valence-corrected chi connectivity index (χ1v) is 9.17. The molecule has 8 heteroatoms. The van der Waals surface area contributed by atoms with E-state index < -0.39 is 21.6 Å². The first-order chi connectivity index (χ1) is 9.88. The van der Waals surface area contributed by atoms with Gasteiger partial charge in [0.1, 0.15) is 10.0 Å². The fourth-order valence-electron chi connectivity index (χ4n) is 1.57. The van der Waals surface area contributed by atoms with Crippen molar-refractivity contribution >= 4 is 48.7 Å². The molecule has 0 radical (unpaired) electrons. The molecule has 0 saturated heterocycles. The summed E-state index contributed by atoms with van der Waals surface area (Å²) in [6.45, 7) is 0. The zero-order chi connectivity index (χ0) is 15.5. The number of amides is 1. The molecule has 0 aliphatic rings. The average Bonchev–Trinajstić information content (AvgIpc) is 2.87. The molecule has 0 unspecified atom stereocenters. The molecular weight excluding hydrogens is 381 g/mol. The van der Waals surface area contributed by atoms with Crippen molar-refractivity contribution in [3.8, 4) is 0 Å². The first-order valence-electron chi connectivity index (χ1n) is 5.91. The molecule has 2 aromatic rings. The van der Waals surface area contributed by atoms with Crippen LogP contribution in [0.5, 0.6) is 0 Å². The maximum atomic E-state index is 13.4. The lowest BCUT2D eigenvalue weighted by Crippen LogP contribution is -2.17. The summed E-state index contributed by atoms with van der Waals surface area (Å²) < 4.78 is 38.3. The second kappa shape index (κ2) is 6.67. The van der Waals surface area contributed by atoms with Crippen molar-refractivity contribution in [3.05, 3.63) is 46.0 Å². The monoisotopic (exact) mass is 391 g/mol. The van der Waals surface area contributed by atoms with Crippen LogP contribution >= 0.6 is 27.3 Å². The number of thiophene rings is 1. The molecule has 0 saturated carbocycles. The Morgan fingerprint density at radius 2 is 1.95 bits per heavy atom. The van der Waals surface area contributed by atoms with E-state index in [0.29, 0.717) is 3.79 Å². The van der Waals surface area contributed by atoms with E-state index in [1.54, 1.807) is 12.1 Å². The van der Waals surface area contributed by atoms with E-state index in [-0.39, 0.29) is 22.1 Å². The summed E-state index contributed by atoms with van der Waals surface area (Å²) in [4.78, 5) is 11.7. The molecule has 4 nitrogen and oxygen atoms in total. The number of carbonyl (C=O) groups is 1. The Bertz CT molecular complexity index is 758. The molecular formula is C13H11BrFNO3S2. The molecule has 0 atom stereocenters. The number of sulfone groups is 1. The van der Waals surface area contributed by atoms with Gasteiger partial charge in [-0.05, 0) is 40.2 Å². The quantitative estimate of drug-likeness (QED) is 0.848. The molecule has 0 aliphatic carbocycles. The summed E-state index contributed by atoms with van der Waals surface area (Å²) in [5, 5.41) is 2.36. The summed E-state index contributed by atoms with van der Waals surface area (Å²) in [5.74, 6) is -1.42. The Balaban J connectivity index is 1.97. The molecule has 1 aromatic heterocycles. The summed E-state index contributed by atoms with van der Waals surface area (Å²) in [7, 11) is -3.50. The molecule has 1 amide bonds. The van der Waals surface area contributed by atoms with Crippen LogP contribution in [0.4, 0.5) is 10.1 Å². The molecule has 0 aliphatic heterocycles. The van der Waals surface area contributed by atoms with Crippen molar-refractivity contribution in [1.82, 2.24) is 0 Å². The summed E-state index contributed by atoms with van der Waals surface area (Å²) in [6.07, 6.45) is -0.230. The van der Waals surface area contributed by atoms with Crippen LogP contribution in [-0.2, 0) is 14.6 Å². The highest BCUT2D eigenvalue weighted by Gasteiger charge is 2.18. The van der Waals surface area contributed by atoms with Crippen LogP contribution in [0.1, 0.15) is 6.42 Å². The van der Waals surface area contributed by atoms with E-state index in [9.17, 15) is 17.6 Å². The highest BCUT2D eigenvalue weighted by atomic mass is 79.9. The first kappa shape index (κ1) is 16.1. The van der Waals surface area contributed by atoms with Crippen LogP contribution in [0.15, 0.2) is 44.4 Å². The molecule has 1 N–H and O–H groups in total. The van der Waals surface area contributed by atoms with Crippen molar-refractivity contribution < 1.29 is 17.6 Å². The third-order valence-corrected chi connectivity index (χ3v) is 6.52. The zero-order valence-corrected chi connectivity index (χ0v) is 13.9. The third-order valence-electron chi connectivity index (χ3n) is 2.60. The zero-order valence-electron chi connectivity index (χ0n) is 10.7. The van der Waals surface area contributed by atoms with Gasteiger partial charge in [-0.15, -0.1) is 11.3 Å². The predicted octanol–water partition coefficient (Wildman–Crippen LogP) is 3.45. The fourth-order valence-corrected chi connectivity index (χ4v) is 4.97. The maximum Gasteiger partial charge on any atom is 0.225 e. The predicted molar refractivity (Wildman–Crippen MR) is 83.7 cm³/mol. The number of benzene rings is 1. The second-order valence-corrected chi connectivity index (χ2v) is 8.95. The third kappa shape index (κ3) is 4.36. The number of carbonyl (C=O) groups excluding carboxylic acids is 1. The minimum atomic E-state index is -3.50. The van der Waals surface area contributed by atoms with Gasteiger partial charge in [0.25, 0.3) is 0 Å². The van der Waals surface area contributed by atoms with Gasteiger partial charge in [0.2, 0.25) is 5.91 Å². The summed E-state index contributed by atoms with van der Waals surface area (Å²) >= 11 is 4.28. The number of hydrogen-bond acceptors (Lipinski definition) is 4. The molecule has 21 heavy (non-hydrogen) atoms. The summed E-state index contributed by atoms with van der Waals surface area (Å²) in [5.41, 5.74) is 0.0405. The van der Waals surface area contributed by atoms with Crippen molar-refractivity contribution in [2.75, 3.05) is 11.1 Å². The lowest BCUT2D eigenvalue weighted by atomic mass is 10.3. The fraction of sp³-hybridized carbons (Fsp3) is 0.154. The van der Waals surface area contributed by atoms with Crippen molar-refractivity contribution in [2.45, 2.75) is 10.6 Å². The van der Waals surface area contributed by atoms with E-state index in [1.165, 1.54) is 24.3 Å². The van der Waals surface area contributed by atoms with Gasteiger partial charge in [0.15, 0.2) is 9.84 Å². The van der Waals surface area contributed by atoms with Gasteiger partial charge >= 0.3 is 0 Å². The Morgan fingerprint density at radius 3 is 2.57 bits per heavy atom. The van der Waals surface area contributed by atoms with Crippen molar-refractivity contribution in [1.29, 1.82) is 0 Å². The van der Waals surface area contributed by atoms with Crippen LogP contribution in [0, 0.1) is 5.82 Å². The number of halogens is 2. The number of nitrogens with one attached hydrogen (secondary N) is 1. The average molecular weight is 392 g/mol. The standard InChI is InChI=1S/C13H11BrFNO3S2/c14-11-5-6-13(20-11)21(18,19)8-7-12(17)16-10-4-2-1-3-9(10)15/h1-6H,7-8H2,(H,16,17). The van der Waals surface area contributed by atoms with Crippen molar-refractivity contribution in [2.24, 2.45) is 0 Å². The smallest absolute Gasteiger partial charge is 0.225 e. The van der Waals surface area contributed by atoms with Gasteiger partial charge in [-0.2, -0.15) is 0 Å². The Kier molecular flexibility index (Phi) is 5.13. The normalized spacial score (nSPS) is 11.3. The van der Waals surface area contributed by atoms with Crippen LogP contribution in [-0.4, -0.2) is 20.1 Å². The van der Waals surface area contributed by atoms with Gasteiger partial charge in [-0.1, -0.05) is 12.1 Å². The lowest BCUT2D eigenvalue weighted by molar-refractivity contribution is -0.115. The molecule has 0 bridgehead atoms. The number of rotatable bonds is 5. The van der Waals surface area contributed by atoms with E-state index in [1.807, 2.05) is 0 Å². The lowest BCUT2D eigenvalue weighted by Gasteiger charge is -2.06. The topological polar surface area (TPSA) is 63.2 Å². The van der Waals surface area contributed by atoms with Crippen LogP contribution in [0.25, 0.3) is 0 Å². The summed E-state index contributed by atoms with van der Waals surface area (Å²) in [6, 6.07) is 8.84. The highest BCUT2D eigenvalue weighted by Crippen LogP contribution is 2.27. The second-order valence-electron chi connectivity index (χ2n) is 4.16. The minimum absolute atomic E-state index is 0.0405. The van der Waals surface area contributed by atoms with E-state index >= 15 is 0 Å². The Hall–Kier alpha value is -1.25. The molecule has 1 aromatic carbocycles. The number of anilines is 1. The Labute approximate surface area is 134 Å². The van der Waals surface area contributed by atoms with Crippen molar-refractivity contribution in [3.63, 3.8) is 0 Å². The number of hydrogen-bond donors (Lipinski definition) is 1. The van der Waals surface area contributed by atoms with E-state index in [2.05, 4.69) is 21.2 Å². The van der Waals surface area contributed by atoms with Crippen LogP contribution in [0.2, 0.25) is 0 Å².